The molecule has 1 aliphatic carbocycles. The van der Waals surface area contributed by atoms with Gasteiger partial charge in [-0.15, -0.1) is 0 Å². The molecule has 1 saturated carbocycles. The molecule has 0 aromatic carbocycles. The Balaban J connectivity index is 2.73. The number of unbranched alkanes of at least 4 members (excludes halogenated alkanes) is 2. The van der Waals surface area contributed by atoms with Crippen LogP contribution in [-0.4, -0.2) is 13.1 Å². The summed E-state index contributed by atoms with van der Waals surface area (Å²) in [6, 6.07) is 0.726. The van der Waals surface area contributed by atoms with E-state index in [9.17, 15) is 0 Å². The SMILES string of the molecule is CCCCC1C[C@@H](CCCC)C(C)[C@@](C)(CCC(CCC)NC)C1. The summed E-state index contributed by atoms with van der Waals surface area (Å²) in [5.41, 5.74) is 0.567. The smallest absolute Gasteiger partial charge is 0.00641 e. The van der Waals surface area contributed by atoms with Crippen LogP contribution < -0.4 is 5.32 Å². The minimum Gasteiger partial charge on any atom is -0.317 e. The normalized spacial score (nSPS) is 32.0. The van der Waals surface area contributed by atoms with Gasteiger partial charge in [-0.1, -0.05) is 79.6 Å². The van der Waals surface area contributed by atoms with Crippen molar-refractivity contribution in [3.8, 4) is 0 Å². The molecule has 1 nitrogen and oxygen atoms in total. The molecular weight excluding hydrogens is 290 g/mol. The van der Waals surface area contributed by atoms with E-state index in [0.717, 1.165) is 23.8 Å². The van der Waals surface area contributed by atoms with Gasteiger partial charge >= 0.3 is 0 Å². The van der Waals surface area contributed by atoms with Crippen molar-refractivity contribution >= 4 is 0 Å². The van der Waals surface area contributed by atoms with Crippen LogP contribution in [0.5, 0.6) is 0 Å². The molecular formula is C23H47N. The maximum atomic E-state index is 3.57. The summed E-state index contributed by atoms with van der Waals surface area (Å²) in [6.07, 6.45) is 17.0. The van der Waals surface area contributed by atoms with E-state index in [4.69, 9.17) is 0 Å². The zero-order valence-electron chi connectivity index (χ0n) is 17.8. The van der Waals surface area contributed by atoms with Crippen LogP contribution in [0.15, 0.2) is 0 Å². The van der Waals surface area contributed by atoms with Gasteiger partial charge in [0.2, 0.25) is 0 Å². The fourth-order valence-electron chi connectivity index (χ4n) is 5.29. The lowest BCUT2D eigenvalue weighted by Crippen LogP contribution is -2.40. The zero-order chi connectivity index (χ0) is 18.0. The van der Waals surface area contributed by atoms with Gasteiger partial charge in [0, 0.05) is 6.04 Å². The van der Waals surface area contributed by atoms with Gasteiger partial charge in [0.25, 0.3) is 0 Å². The molecule has 3 unspecified atom stereocenters. The fraction of sp³-hybridized carbons (Fsp3) is 1.00. The van der Waals surface area contributed by atoms with Crippen LogP contribution in [0.2, 0.25) is 0 Å². The predicted molar refractivity (Wildman–Crippen MR) is 110 cm³/mol. The lowest BCUT2D eigenvalue weighted by Gasteiger charge is -2.49. The van der Waals surface area contributed by atoms with Crippen molar-refractivity contribution in [1.29, 1.82) is 0 Å². The van der Waals surface area contributed by atoms with E-state index in [0.29, 0.717) is 5.41 Å². The van der Waals surface area contributed by atoms with Crippen LogP contribution >= 0.6 is 0 Å². The second kappa shape index (κ2) is 11.6. The Labute approximate surface area is 153 Å². The van der Waals surface area contributed by atoms with Crippen molar-refractivity contribution in [3.63, 3.8) is 0 Å². The van der Waals surface area contributed by atoms with Gasteiger partial charge in [-0.05, 0) is 62.3 Å². The predicted octanol–water partition coefficient (Wildman–Crippen LogP) is 7.20. The minimum absolute atomic E-state index is 0.567. The van der Waals surface area contributed by atoms with Crippen LogP contribution in [0.1, 0.15) is 112 Å². The van der Waals surface area contributed by atoms with E-state index in [-0.39, 0.29) is 0 Å². The lowest BCUT2D eigenvalue weighted by molar-refractivity contribution is 0.0143. The van der Waals surface area contributed by atoms with E-state index in [1.165, 1.54) is 77.0 Å². The first kappa shape index (κ1) is 22.0. The minimum atomic E-state index is 0.567. The second-order valence-electron chi connectivity index (χ2n) is 9.11. The van der Waals surface area contributed by atoms with Gasteiger partial charge in [-0.2, -0.15) is 0 Å². The van der Waals surface area contributed by atoms with Crippen LogP contribution in [0.3, 0.4) is 0 Å². The standard InChI is InChI=1S/C23H47N/c1-7-10-13-20-17-21(14-11-8-2)19(4)23(5,18-20)16-15-22(24-6)12-9-3/h19-22,24H,7-18H2,1-6H3/t19?,20?,21-,22?,23+/m1/s1. The average Bonchev–Trinajstić information content (AvgIpc) is 2.58. The van der Waals surface area contributed by atoms with Crippen LogP contribution in [0.4, 0.5) is 0 Å². The Morgan fingerprint density at radius 2 is 1.67 bits per heavy atom. The van der Waals surface area contributed by atoms with Crippen molar-refractivity contribution in [1.82, 2.24) is 5.32 Å². The summed E-state index contributed by atoms with van der Waals surface area (Å²) in [5.74, 6) is 2.87. The average molecular weight is 338 g/mol. The van der Waals surface area contributed by atoms with E-state index in [1.807, 2.05) is 0 Å². The topological polar surface area (TPSA) is 12.0 Å². The third kappa shape index (κ3) is 6.70. The first-order valence-corrected chi connectivity index (χ1v) is 11.2. The molecule has 0 aromatic rings. The number of nitrogens with one attached hydrogen (secondary N) is 1. The molecule has 144 valence electrons. The number of rotatable bonds is 12. The Hall–Kier alpha value is -0.0400. The van der Waals surface area contributed by atoms with E-state index >= 15 is 0 Å². The molecule has 1 aliphatic rings. The highest BCUT2D eigenvalue weighted by atomic mass is 14.9. The molecule has 5 atom stereocenters. The third-order valence-electron chi connectivity index (χ3n) is 7.20. The number of hydrogen-bond acceptors (Lipinski definition) is 1. The van der Waals surface area contributed by atoms with Crippen molar-refractivity contribution in [2.45, 2.75) is 118 Å². The maximum absolute atomic E-state index is 3.57. The van der Waals surface area contributed by atoms with Crippen LogP contribution in [0, 0.1) is 23.2 Å². The van der Waals surface area contributed by atoms with Crippen LogP contribution in [0.25, 0.3) is 0 Å². The van der Waals surface area contributed by atoms with Gasteiger partial charge in [-0.25, -0.2) is 0 Å². The molecule has 1 rings (SSSR count). The van der Waals surface area contributed by atoms with E-state index in [2.05, 4.69) is 47.0 Å². The summed E-state index contributed by atoms with van der Waals surface area (Å²) in [7, 11) is 2.15. The first-order chi connectivity index (χ1) is 11.5. The number of hydrogen-bond donors (Lipinski definition) is 1. The summed E-state index contributed by atoms with van der Waals surface area (Å²) < 4.78 is 0. The second-order valence-corrected chi connectivity index (χ2v) is 9.11. The Bertz CT molecular complexity index is 313. The van der Waals surface area contributed by atoms with E-state index in [1.54, 1.807) is 0 Å². The molecule has 24 heavy (non-hydrogen) atoms. The van der Waals surface area contributed by atoms with Crippen LogP contribution in [-0.2, 0) is 0 Å². The molecule has 1 N–H and O–H groups in total. The molecule has 0 radical (unpaired) electrons. The molecule has 0 saturated heterocycles. The van der Waals surface area contributed by atoms with Crippen molar-refractivity contribution in [2.24, 2.45) is 23.2 Å². The quantitative estimate of drug-likeness (QED) is 0.397. The molecule has 0 amide bonds. The van der Waals surface area contributed by atoms with Gasteiger partial charge in [-0.3, -0.25) is 0 Å². The molecule has 0 aliphatic heterocycles. The maximum Gasteiger partial charge on any atom is 0.00641 e. The summed E-state index contributed by atoms with van der Waals surface area (Å²) in [4.78, 5) is 0. The van der Waals surface area contributed by atoms with Crippen molar-refractivity contribution in [3.05, 3.63) is 0 Å². The Kier molecular flexibility index (Phi) is 10.6. The molecule has 0 bridgehead atoms. The summed E-state index contributed by atoms with van der Waals surface area (Å²) in [6.45, 7) is 12.2. The highest BCUT2D eigenvalue weighted by Gasteiger charge is 2.42. The monoisotopic (exact) mass is 337 g/mol. The summed E-state index contributed by atoms with van der Waals surface area (Å²) in [5, 5.41) is 3.57. The third-order valence-corrected chi connectivity index (χ3v) is 7.20. The Morgan fingerprint density at radius 1 is 1.00 bits per heavy atom. The fourth-order valence-corrected chi connectivity index (χ4v) is 5.29. The van der Waals surface area contributed by atoms with Gasteiger partial charge in [0.1, 0.15) is 0 Å². The first-order valence-electron chi connectivity index (χ1n) is 11.2. The highest BCUT2D eigenvalue weighted by molar-refractivity contribution is 4.93. The molecule has 0 spiro atoms. The van der Waals surface area contributed by atoms with Gasteiger partial charge in [0.05, 0.1) is 0 Å². The van der Waals surface area contributed by atoms with Crippen molar-refractivity contribution in [2.75, 3.05) is 7.05 Å². The summed E-state index contributed by atoms with van der Waals surface area (Å²) >= 11 is 0. The molecule has 0 aromatic heterocycles. The largest absolute Gasteiger partial charge is 0.317 e. The molecule has 1 heteroatoms. The highest BCUT2D eigenvalue weighted by Crippen LogP contribution is 2.52. The van der Waals surface area contributed by atoms with Gasteiger partial charge in [0.15, 0.2) is 0 Å². The van der Waals surface area contributed by atoms with E-state index < -0.39 is 0 Å². The van der Waals surface area contributed by atoms with Gasteiger partial charge < -0.3 is 5.32 Å². The lowest BCUT2D eigenvalue weighted by atomic mass is 9.57. The Morgan fingerprint density at radius 3 is 2.25 bits per heavy atom. The molecule has 1 fully saturated rings. The van der Waals surface area contributed by atoms with Crippen molar-refractivity contribution < 1.29 is 0 Å². The molecule has 0 heterocycles. The zero-order valence-corrected chi connectivity index (χ0v) is 17.8.